The smallest absolute Gasteiger partial charge is 0.178 e. The van der Waals surface area contributed by atoms with Crippen LogP contribution in [0.2, 0.25) is 0 Å². The van der Waals surface area contributed by atoms with Gasteiger partial charge in [0.05, 0.1) is 11.1 Å². The topological polar surface area (TPSA) is 25.6 Å². The van der Waals surface area contributed by atoms with E-state index in [9.17, 15) is 0 Å². The lowest BCUT2D eigenvalue weighted by Gasteiger charge is -2.36. The fraction of sp³-hybridized carbons (Fsp3) is 0.111. The molecular formula is C63H45NO2. The van der Waals surface area contributed by atoms with Crippen LogP contribution in [0.4, 0.5) is 17.1 Å². The lowest BCUT2D eigenvalue weighted by atomic mass is 9.69. The molecule has 1 aromatic heterocycles. The molecule has 66 heavy (non-hydrogen) atoms. The molecule has 0 fully saturated rings. The van der Waals surface area contributed by atoms with Crippen LogP contribution in [-0.2, 0) is 16.2 Å². The van der Waals surface area contributed by atoms with E-state index in [4.69, 9.17) is 9.15 Å². The Morgan fingerprint density at radius 1 is 0.379 bits per heavy atom. The van der Waals surface area contributed by atoms with Gasteiger partial charge in [0.15, 0.2) is 11.5 Å². The van der Waals surface area contributed by atoms with Crippen LogP contribution in [0.1, 0.15) is 72.4 Å². The molecule has 1 aliphatic heterocycles. The lowest BCUT2D eigenvalue weighted by molar-refractivity contribution is 0.389. The lowest BCUT2D eigenvalue weighted by Crippen LogP contribution is -2.31. The largest absolute Gasteiger partial charge is 0.455 e. The number of fused-ring (bicyclic) bond motifs is 17. The molecule has 0 bridgehead atoms. The van der Waals surface area contributed by atoms with E-state index in [-0.39, 0.29) is 10.8 Å². The summed E-state index contributed by atoms with van der Waals surface area (Å²) in [5.41, 5.74) is 22.1. The number of ether oxygens (including phenoxy) is 1. The van der Waals surface area contributed by atoms with Crippen molar-refractivity contribution in [2.75, 3.05) is 4.90 Å². The summed E-state index contributed by atoms with van der Waals surface area (Å²) in [7, 11) is 0. The monoisotopic (exact) mass is 847 g/mol. The van der Waals surface area contributed by atoms with Crippen molar-refractivity contribution in [2.45, 2.75) is 43.9 Å². The van der Waals surface area contributed by atoms with E-state index in [1.165, 1.54) is 77.9 Å². The third kappa shape index (κ3) is 4.77. The molecule has 10 aromatic rings. The van der Waals surface area contributed by atoms with Crippen molar-refractivity contribution in [1.82, 2.24) is 0 Å². The minimum Gasteiger partial charge on any atom is -0.455 e. The highest BCUT2D eigenvalue weighted by Gasteiger charge is 2.54. The maximum Gasteiger partial charge on any atom is 0.178 e. The molecule has 3 aliphatic carbocycles. The van der Waals surface area contributed by atoms with Crippen LogP contribution < -0.4 is 9.64 Å². The van der Waals surface area contributed by atoms with E-state index in [1.807, 2.05) is 12.1 Å². The number of hydrogen-bond acceptors (Lipinski definition) is 3. The highest BCUT2D eigenvalue weighted by molar-refractivity contribution is 5.97. The fourth-order valence-electron chi connectivity index (χ4n) is 12.5. The third-order valence-corrected chi connectivity index (χ3v) is 15.5. The molecule has 1 unspecified atom stereocenters. The molecule has 1 atom stereocenters. The first-order valence-electron chi connectivity index (χ1n) is 23.2. The third-order valence-electron chi connectivity index (χ3n) is 15.5. The average Bonchev–Trinajstić information content (AvgIpc) is 4.02. The van der Waals surface area contributed by atoms with Crippen molar-refractivity contribution >= 4 is 28.0 Å². The van der Waals surface area contributed by atoms with Gasteiger partial charge in [0, 0.05) is 33.3 Å². The average molecular weight is 848 g/mol. The predicted octanol–water partition coefficient (Wildman–Crippen LogP) is 16.7. The van der Waals surface area contributed by atoms with Crippen LogP contribution in [0, 0.1) is 0 Å². The minimum atomic E-state index is -0.728. The van der Waals surface area contributed by atoms with Crippen LogP contribution >= 0.6 is 0 Å². The molecule has 3 heteroatoms. The van der Waals surface area contributed by atoms with E-state index >= 15 is 0 Å². The second-order valence-electron chi connectivity index (χ2n) is 19.6. The molecule has 0 amide bonds. The van der Waals surface area contributed by atoms with Crippen LogP contribution in [0.5, 0.6) is 11.5 Å². The molecule has 314 valence electrons. The van der Waals surface area contributed by atoms with E-state index in [2.05, 4.69) is 221 Å². The molecule has 0 saturated heterocycles. The van der Waals surface area contributed by atoms with Crippen molar-refractivity contribution in [3.63, 3.8) is 0 Å². The summed E-state index contributed by atoms with van der Waals surface area (Å²) in [6, 6.07) is 73.8. The van der Waals surface area contributed by atoms with E-state index in [0.717, 1.165) is 50.9 Å². The number of rotatable bonds is 4. The SMILES string of the molecule is CC1(C)c2ccccc2-c2ccc(-c3ccccc3N(c3ccc4c(c3)-c3ccccc3C43c4ccccc4Oc4c3oc3ccccc43)c3ccc4c(c3)C(C)(C)c3ccccc3-4)cc21. The van der Waals surface area contributed by atoms with Gasteiger partial charge in [-0.1, -0.05) is 173 Å². The molecule has 0 radical (unpaired) electrons. The van der Waals surface area contributed by atoms with Crippen LogP contribution in [0.25, 0.3) is 55.5 Å². The number of furan rings is 1. The van der Waals surface area contributed by atoms with Gasteiger partial charge in [-0.15, -0.1) is 0 Å². The molecule has 9 aromatic carbocycles. The van der Waals surface area contributed by atoms with Crippen molar-refractivity contribution < 1.29 is 9.15 Å². The summed E-state index contributed by atoms with van der Waals surface area (Å²) >= 11 is 0. The molecule has 14 rings (SSSR count). The van der Waals surface area contributed by atoms with Gasteiger partial charge >= 0.3 is 0 Å². The first-order valence-corrected chi connectivity index (χ1v) is 23.2. The Bertz CT molecular complexity index is 3720. The Morgan fingerprint density at radius 2 is 0.894 bits per heavy atom. The van der Waals surface area contributed by atoms with Crippen molar-refractivity contribution in [1.29, 1.82) is 0 Å². The predicted molar refractivity (Wildman–Crippen MR) is 269 cm³/mol. The number of hydrogen-bond donors (Lipinski definition) is 0. The summed E-state index contributed by atoms with van der Waals surface area (Å²) in [5.74, 6) is 2.46. The van der Waals surface area contributed by atoms with Gasteiger partial charge < -0.3 is 14.1 Å². The van der Waals surface area contributed by atoms with Gasteiger partial charge in [-0.2, -0.15) is 0 Å². The Hall–Kier alpha value is -7.88. The number of anilines is 3. The fourth-order valence-corrected chi connectivity index (χ4v) is 12.5. The molecule has 3 nitrogen and oxygen atoms in total. The maximum absolute atomic E-state index is 7.00. The van der Waals surface area contributed by atoms with Crippen LogP contribution in [-0.4, -0.2) is 0 Å². The van der Waals surface area contributed by atoms with Gasteiger partial charge in [-0.05, 0) is 127 Å². The quantitative estimate of drug-likeness (QED) is 0.176. The molecular weight excluding hydrogens is 803 g/mol. The highest BCUT2D eigenvalue weighted by atomic mass is 16.5. The first kappa shape index (κ1) is 37.5. The summed E-state index contributed by atoms with van der Waals surface area (Å²) in [5, 5.41) is 0.979. The molecule has 0 saturated carbocycles. The second-order valence-corrected chi connectivity index (χ2v) is 19.6. The van der Waals surface area contributed by atoms with E-state index < -0.39 is 5.41 Å². The molecule has 1 spiro atoms. The van der Waals surface area contributed by atoms with Crippen molar-refractivity contribution in [3.05, 3.63) is 245 Å². The Balaban J connectivity index is 1.01. The first-order chi connectivity index (χ1) is 32.2. The van der Waals surface area contributed by atoms with E-state index in [0.29, 0.717) is 0 Å². The Labute approximate surface area is 385 Å². The summed E-state index contributed by atoms with van der Waals surface area (Å²) < 4.78 is 13.8. The van der Waals surface area contributed by atoms with Crippen LogP contribution in [0.3, 0.4) is 0 Å². The molecule has 2 heterocycles. The molecule has 4 aliphatic rings. The van der Waals surface area contributed by atoms with Gasteiger partial charge in [0.1, 0.15) is 16.7 Å². The van der Waals surface area contributed by atoms with Gasteiger partial charge in [-0.3, -0.25) is 0 Å². The van der Waals surface area contributed by atoms with Crippen molar-refractivity contribution in [3.8, 4) is 56.0 Å². The minimum absolute atomic E-state index is 0.122. The van der Waals surface area contributed by atoms with Gasteiger partial charge in [0.2, 0.25) is 0 Å². The standard InChI is InChI=1S/C63H45NO2/c1-61(2)49-22-10-5-18-42(49)45-32-29-38(35-54(45)61)41-17-8-14-26-56(41)64(40-30-33-46-43-19-6-11-23-50(43)62(3,4)55(46)37-40)39-31-34-52-48(36-39)44-20-7-12-24-51(44)63(52)53-25-13-16-28-58(53)65-59-47-21-9-15-27-57(47)66-60(59)63/h5-37H,1-4H3. The number of nitrogens with zero attached hydrogens (tertiary/aromatic N) is 1. The van der Waals surface area contributed by atoms with Crippen molar-refractivity contribution in [2.24, 2.45) is 0 Å². The normalized spacial score (nSPS) is 16.9. The second kappa shape index (κ2) is 13.1. The summed E-state index contributed by atoms with van der Waals surface area (Å²) in [6.45, 7) is 9.47. The maximum atomic E-state index is 7.00. The van der Waals surface area contributed by atoms with Crippen LogP contribution in [0.15, 0.2) is 205 Å². The zero-order chi connectivity index (χ0) is 44.1. The van der Waals surface area contributed by atoms with Gasteiger partial charge in [-0.25, -0.2) is 0 Å². The zero-order valence-electron chi connectivity index (χ0n) is 37.3. The van der Waals surface area contributed by atoms with E-state index in [1.54, 1.807) is 0 Å². The zero-order valence-corrected chi connectivity index (χ0v) is 37.3. The Kier molecular flexibility index (Phi) is 7.45. The summed E-state index contributed by atoms with van der Waals surface area (Å²) in [6.07, 6.45) is 0. The Morgan fingerprint density at radius 3 is 1.64 bits per heavy atom. The highest BCUT2D eigenvalue weighted by Crippen LogP contribution is 2.64. The number of para-hydroxylation sites is 3. The summed E-state index contributed by atoms with van der Waals surface area (Å²) in [4.78, 5) is 2.50. The molecule has 0 N–H and O–H groups in total. The number of benzene rings is 9. The van der Waals surface area contributed by atoms with Gasteiger partial charge in [0.25, 0.3) is 0 Å².